The van der Waals surface area contributed by atoms with Crippen LogP contribution in [0.5, 0.6) is 0 Å². The summed E-state index contributed by atoms with van der Waals surface area (Å²) < 4.78 is 28.4. The number of ketones is 1. The van der Waals surface area contributed by atoms with Crippen molar-refractivity contribution in [2.45, 2.75) is 33.4 Å². The number of ether oxygens (including phenoxy) is 1. The van der Waals surface area contributed by atoms with E-state index in [1.54, 1.807) is 26.0 Å². The van der Waals surface area contributed by atoms with Crippen molar-refractivity contribution in [1.82, 2.24) is 0 Å². The van der Waals surface area contributed by atoms with Gasteiger partial charge in [-0.1, -0.05) is 15.9 Å². The first-order chi connectivity index (χ1) is 12.6. The summed E-state index contributed by atoms with van der Waals surface area (Å²) in [7, 11) is -3.22. The van der Waals surface area contributed by atoms with E-state index < -0.39 is 30.9 Å². The van der Waals surface area contributed by atoms with Gasteiger partial charge in [0.15, 0.2) is 0 Å². The van der Waals surface area contributed by atoms with Crippen LogP contribution in [0.15, 0.2) is 16.6 Å². The van der Waals surface area contributed by atoms with Crippen LogP contribution in [0.2, 0.25) is 0 Å². The van der Waals surface area contributed by atoms with E-state index in [1.165, 1.54) is 13.8 Å². The number of amides is 1. The molecule has 1 aromatic rings. The number of rotatable bonds is 9. The number of esters is 1. The van der Waals surface area contributed by atoms with E-state index in [2.05, 4.69) is 26.0 Å². The third-order valence-corrected chi connectivity index (χ3v) is 6.34. The number of nitrogens with one attached hydrogen (secondary N) is 1. The van der Waals surface area contributed by atoms with Crippen LogP contribution in [0, 0.1) is 13.8 Å². The molecule has 10 heteroatoms. The summed E-state index contributed by atoms with van der Waals surface area (Å²) in [6.45, 7) is 6.40. The number of aryl methyl sites for hydroxylation is 2. The van der Waals surface area contributed by atoms with E-state index in [9.17, 15) is 18.9 Å². The zero-order chi connectivity index (χ0) is 20.8. The first kappa shape index (κ1) is 23.5. The van der Waals surface area contributed by atoms with Gasteiger partial charge in [-0.25, -0.2) is 0 Å². The van der Waals surface area contributed by atoms with Crippen LogP contribution in [0.3, 0.4) is 0 Å². The molecule has 1 N–H and O–H groups in total. The largest absolute Gasteiger partial charge is 0.468 e. The van der Waals surface area contributed by atoms with E-state index >= 15 is 0 Å². The molecule has 0 bridgehead atoms. The van der Waals surface area contributed by atoms with Crippen molar-refractivity contribution in [3.63, 3.8) is 0 Å². The van der Waals surface area contributed by atoms with Crippen molar-refractivity contribution < 1.29 is 32.7 Å². The van der Waals surface area contributed by atoms with E-state index in [-0.39, 0.29) is 13.2 Å². The van der Waals surface area contributed by atoms with Crippen LogP contribution in [0.25, 0.3) is 0 Å². The van der Waals surface area contributed by atoms with Crippen LogP contribution in [-0.2, 0) is 32.7 Å². The number of hydrogen-bond acceptors (Lipinski definition) is 7. The highest BCUT2D eigenvalue weighted by atomic mass is 79.9. The highest BCUT2D eigenvalue weighted by Gasteiger charge is 2.50. The molecule has 150 valence electrons. The fourth-order valence-electron chi connectivity index (χ4n) is 2.44. The molecule has 1 aromatic carbocycles. The van der Waals surface area contributed by atoms with Gasteiger partial charge in [-0.3, -0.25) is 18.9 Å². The quantitative estimate of drug-likeness (QED) is 0.258. The standard InChI is InChI=1S/C17H23BrNO7P/c1-6-25-27(23,26-7-2)15(17(22)24-5)14(20)16(21)19-13-10(3)8-12(18)9-11(13)4/h8-9,15H,6-7H2,1-5H3,(H,19,21)/t15-/m1/s1. The van der Waals surface area contributed by atoms with Gasteiger partial charge in [0.1, 0.15) is 0 Å². The molecule has 27 heavy (non-hydrogen) atoms. The van der Waals surface area contributed by atoms with Crippen LogP contribution in [0.4, 0.5) is 5.69 Å². The molecule has 0 fully saturated rings. The van der Waals surface area contributed by atoms with Crippen molar-refractivity contribution in [3.8, 4) is 0 Å². The second kappa shape index (κ2) is 10.1. The van der Waals surface area contributed by atoms with Gasteiger partial charge in [0.2, 0.25) is 11.4 Å². The van der Waals surface area contributed by atoms with Gasteiger partial charge in [0.25, 0.3) is 5.91 Å². The lowest BCUT2D eigenvalue weighted by Gasteiger charge is -2.23. The van der Waals surface area contributed by atoms with Crippen molar-refractivity contribution in [3.05, 3.63) is 27.7 Å². The highest BCUT2D eigenvalue weighted by Crippen LogP contribution is 2.53. The number of halogens is 1. The highest BCUT2D eigenvalue weighted by molar-refractivity contribution is 9.10. The molecule has 1 atom stereocenters. The maximum Gasteiger partial charge on any atom is 0.353 e. The van der Waals surface area contributed by atoms with E-state index in [4.69, 9.17) is 9.05 Å². The van der Waals surface area contributed by atoms with Crippen LogP contribution in [-0.4, -0.2) is 43.6 Å². The second-order valence-corrected chi connectivity index (χ2v) is 8.56. The Labute approximate surface area is 166 Å². The average molecular weight is 464 g/mol. The van der Waals surface area contributed by atoms with Crippen LogP contribution < -0.4 is 5.32 Å². The number of carbonyl (C=O) groups excluding carboxylic acids is 3. The molecule has 0 spiro atoms. The molecular formula is C17H23BrNO7P. The van der Waals surface area contributed by atoms with Crippen molar-refractivity contribution in [1.29, 1.82) is 0 Å². The Kier molecular flexibility index (Phi) is 8.81. The molecule has 0 radical (unpaired) electrons. The molecular weight excluding hydrogens is 441 g/mol. The first-order valence-corrected chi connectivity index (χ1v) is 10.6. The smallest absolute Gasteiger partial charge is 0.353 e. The number of benzene rings is 1. The van der Waals surface area contributed by atoms with Gasteiger partial charge in [-0.2, -0.15) is 0 Å². The zero-order valence-corrected chi connectivity index (χ0v) is 18.3. The van der Waals surface area contributed by atoms with E-state index in [0.29, 0.717) is 16.8 Å². The predicted molar refractivity (Wildman–Crippen MR) is 104 cm³/mol. The summed E-state index contributed by atoms with van der Waals surface area (Å²) in [6.07, 6.45) is 0. The fraction of sp³-hybridized carbons (Fsp3) is 0.471. The first-order valence-electron chi connectivity index (χ1n) is 8.19. The minimum Gasteiger partial charge on any atom is -0.468 e. The molecule has 0 heterocycles. The Bertz CT molecular complexity index is 748. The second-order valence-electron chi connectivity index (χ2n) is 5.53. The van der Waals surface area contributed by atoms with Crippen molar-refractivity contribution >= 4 is 46.9 Å². The number of carbonyl (C=O) groups is 3. The normalized spacial score (nSPS) is 12.4. The summed E-state index contributed by atoms with van der Waals surface area (Å²) >= 11 is 3.34. The van der Waals surface area contributed by atoms with Gasteiger partial charge in [0, 0.05) is 10.2 Å². The molecule has 8 nitrogen and oxygen atoms in total. The average Bonchev–Trinajstić information content (AvgIpc) is 2.57. The topological polar surface area (TPSA) is 108 Å². The van der Waals surface area contributed by atoms with Gasteiger partial charge in [0.05, 0.1) is 20.3 Å². The summed E-state index contributed by atoms with van der Waals surface area (Å²) in [5.41, 5.74) is -0.174. The Morgan fingerprint density at radius 3 is 2.00 bits per heavy atom. The van der Waals surface area contributed by atoms with E-state index in [1.807, 2.05) is 0 Å². The number of hydrogen-bond donors (Lipinski definition) is 1. The minimum atomic E-state index is -4.24. The van der Waals surface area contributed by atoms with Crippen LogP contribution in [0.1, 0.15) is 25.0 Å². The third kappa shape index (κ3) is 5.72. The lowest BCUT2D eigenvalue weighted by Crippen LogP contribution is -2.40. The molecule has 1 rings (SSSR count). The molecule has 0 aliphatic rings. The lowest BCUT2D eigenvalue weighted by molar-refractivity contribution is -0.146. The predicted octanol–water partition coefficient (Wildman–Crippen LogP) is 3.38. The number of methoxy groups -OCH3 is 1. The Balaban J connectivity index is 3.25. The molecule has 0 aliphatic carbocycles. The maximum absolute atomic E-state index is 12.9. The maximum atomic E-state index is 12.9. The summed E-state index contributed by atoms with van der Waals surface area (Å²) in [5, 5.41) is 2.47. The fourth-order valence-corrected chi connectivity index (χ4v) is 4.99. The molecule has 0 saturated carbocycles. The molecule has 0 aliphatic heterocycles. The van der Waals surface area contributed by atoms with Gasteiger partial charge in [-0.15, -0.1) is 0 Å². The zero-order valence-electron chi connectivity index (χ0n) is 15.8. The van der Waals surface area contributed by atoms with Gasteiger partial charge >= 0.3 is 13.6 Å². The summed E-state index contributed by atoms with van der Waals surface area (Å²) in [6, 6.07) is 3.52. The number of Topliss-reactive ketones (excluding diaryl/α,β-unsaturated/α-hetero) is 1. The van der Waals surface area contributed by atoms with Crippen molar-refractivity contribution in [2.75, 3.05) is 25.6 Å². The molecule has 0 unspecified atom stereocenters. The summed E-state index contributed by atoms with van der Waals surface area (Å²) in [4.78, 5) is 37.3. The SMILES string of the molecule is CCOP(=O)(OCC)[C@@H](C(=O)OC)C(=O)C(=O)Nc1c(C)cc(Br)cc1C. The van der Waals surface area contributed by atoms with Gasteiger partial charge < -0.3 is 19.1 Å². The van der Waals surface area contributed by atoms with E-state index in [0.717, 1.165) is 11.6 Å². The Morgan fingerprint density at radius 2 is 1.59 bits per heavy atom. The minimum absolute atomic E-state index is 0.0788. The molecule has 0 aromatic heterocycles. The van der Waals surface area contributed by atoms with Crippen LogP contribution >= 0.6 is 23.5 Å². The van der Waals surface area contributed by atoms with Gasteiger partial charge in [-0.05, 0) is 51.0 Å². The lowest BCUT2D eigenvalue weighted by atomic mass is 10.1. The summed E-state index contributed by atoms with van der Waals surface area (Å²) in [5.74, 6) is -3.53. The third-order valence-electron chi connectivity index (χ3n) is 3.57. The Morgan fingerprint density at radius 1 is 1.11 bits per heavy atom. The monoisotopic (exact) mass is 463 g/mol. The van der Waals surface area contributed by atoms with Crippen molar-refractivity contribution in [2.24, 2.45) is 0 Å². The molecule has 1 amide bonds. The Hall–Kier alpha value is -1.54. The number of anilines is 1. The molecule has 0 saturated heterocycles.